The number of nitrogens with one attached hydrogen (secondary N) is 1. The Labute approximate surface area is 121 Å². The van der Waals surface area contributed by atoms with Crippen molar-refractivity contribution >= 4 is 27.5 Å². The molecule has 0 bridgehead atoms. The van der Waals surface area contributed by atoms with E-state index in [9.17, 15) is 4.79 Å². The number of benzene rings is 1. The minimum atomic E-state index is -0.278. The number of ether oxygens (including phenoxy) is 2. The van der Waals surface area contributed by atoms with E-state index in [1.165, 1.54) is 0 Å². The van der Waals surface area contributed by atoms with Crippen molar-refractivity contribution < 1.29 is 14.3 Å². The fraction of sp³-hybridized carbons (Fsp3) is 0.462. The maximum Gasteiger partial charge on any atom is 0.246 e. The van der Waals surface area contributed by atoms with E-state index in [1.807, 2.05) is 18.2 Å². The van der Waals surface area contributed by atoms with Crippen LogP contribution in [0.5, 0.6) is 5.75 Å². The number of morpholine rings is 1. The van der Waals surface area contributed by atoms with Crippen molar-refractivity contribution in [1.29, 1.82) is 0 Å². The third kappa shape index (κ3) is 3.26. The Balaban J connectivity index is 2.11. The molecule has 0 saturated carbocycles. The zero-order valence-electron chi connectivity index (χ0n) is 11.0. The van der Waals surface area contributed by atoms with Gasteiger partial charge in [0, 0.05) is 19.3 Å². The number of rotatable bonds is 3. The molecular weight excluding hydrogens is 312 g/mol. The monoisotopic (exact) mass is 328 g/mol. The van der Waals surface area contributed by atoms with Gasteiger partial charge in [0.15, 0.2) is 0 Å². The standard InChI is InChI=1S/C13H17BrN2O3/c1-16(13(17)11-8-19-6-5-15-11)9-3-4-12(18-2)10(14)7-9/h3-4,7,11,15H,5-6,8H2,1-2H3. The molecule has 1 saturated heterocycles. The molecule has 5 nitrogen and oxygen atoms in total. The molecule has 1 atom stereocenters. The second-order valence-corrected chi connectivity index (χ2v) is 5.15. The van der Waals surface area contributed by atoms with Crippen LogP contribution in [-0.2, 0) is 9.53 Å². The number of anilines is 1. The van der Waals surface area contributed by atoms with Gasteiger partial charge in [-0.1, -0.05) is 0 Å². The summed E-state index contributed by atoms with van der Waals surface area (Å²) in [6, 6.07) is 5.26. The van der Waals surface area contributed by atoms with Crippen LogP contribution >= 0.6 is 15.9 Å². The van der Waals surface area contributed by atoms with Gasteiger partial charge in [0.25, 0.3) is 0 Å². The maximum atomic E-state index is 12.3. The van der Waals surface area contributed by atoms with Crippen LogP contribution in [0.15, 0.2) is 22.7 Å². The lowest BCUT2D eigenvalue weighted by atomic mass is 10.2. The summed E-state index contributed by atoms with van der Waals surface area (Å²) in [5.41, 5.74) is 0.810. The first-order chi connectivity index (χ1) is 9.13. The molecule has 19 heavy (non-hydrogen) atoms. The molecule has 0 spiro atoms. The third-order valence-corrected chi connectivity index (χ3v) is 3.69. The first-order valence-electron chi connectivity index (χ1n) is 6.05. The van der Waals surface area contributed by atoms with Gasteiger partial charge in [-0.3, -0.25) is 4.79 Å². The van der Waals surface area contributed by atoms with Crippen molar-refractivity contribution in [2.24, 2.45) is 0 Å². The minimum absolute atomic E-state index is 0.00299. The lowest BCUT2D eigenvalue weighted by Crippen LogP contribution is -2.51. The van der Waals surface area contributed by atoms with Gasteiger partial charge in [-0.05, 0) is 34.1 Å². The largest absolute Gasteiger partial charge is 0.496 e. The van der Waals surface area contributed by atoms with Gasteiger partial charge in [-0.25, -0.2) is 0 Å². The summed E-state index contributed by atoms with van der Waals surface area (Å²) in [6.45, 7) is 1.78. The number of methoxy groups -OCH3 is 1. The Morgan fingerprint density at radius 3 is 2.95 bits per heavy atom. The second kappa shape index (κ2) is 6.36. The van der Waals surface area contributed by atoms with Crippen molar-refractivity contribution in [3.05, 3.63) is 22.7 Å². The Morgan fingerprint density at radius 1 is 1.58 bits per heavy atom. The highest BCUT2D eigenvalue weighted by molar-refractivity contribution is 9.10. The molecule has 1 amide bonds. The summed E-state index contributed by atoms with van der Waals surface area (Å²) in [7, 11) is 3.37. The molecule has 0 radical (unpaired) electrons. The van der Waals surface area contributed by atoms with E-state index in [-0.39, 0.29) is 11.9 Å². The van der Waals surface area contributed by atoms with Crippen molar-refractivity contribution in [2.75, 3.05) is 38.8 Å². The van der Waals surface area contributed by atoms with E-state index >= 15 is 0 Å². The molecule has 2 rings (SSSR count). The molecule has 1 N–H and O–H groups in total. The molecule has 104 valence electrons. The summed E-state index contributed by atoms with van der Waals surface area (Å²) in [6.07, 6.45) is 0. The summed E-state index contributed by atoms with van der Waals surface area (Å²) in [5.74, 6) is 0.737. The van der Waals surface area contributed by atoms with Gasteiger partial charge in [-0.2, -0.15) is 0 Å². The number of amides is 1. The molecule has 6 heteroatoms. The molecule has 0 aromatic heterocycles. The topological polar surface area (TPSA) is 50.8 Å². The Hall–Kier alpha value is -1.11. The maximum absolute atomic E-state index is 12.3. The highest BCUT2D eigenvalue weighted by Gasteiger charge is 2.25. The smallest absolute Gasteiger partial charge is 0.246 e. The lowest BCUT2D eigenvalue weighted by molar-refractivity contribution is -0.123. The normalized spacial score (nSPS) is 19.0. The number of hydrogen-bond donors (Lipinski definition) is 1. The summed E-state index contributed by atoms with van der Waals surface area (Å²) >= 11 is 3.42. The Kier molecular flexibility index (Phi) is 4.79. The first-order valence-corrected chi connectivity index (χ1v) is 6.85. The highest BCUT2D eigenvalue weighted by Crippen LogP contribution is 2.29. The van der Waals surface area contributed by atoms with E-state index < -0.39 is 0 Å². The molecule has 0 aliphatic carbocycles. The Bertz CT molecular complexity index is 461. The second-order valence-electron chi connectivity index (χ2n) is 4.30. The number of carbonyl (C=O) groups is 1. The van der Waals surface area contributed by atoms with E-state index in [0.29, 0.717) is 19.8 Å². The van der Waals surface area contributed by atoms with Crippen molar-refractivity contribution in [2.45, 2.75) is 6.04 Å². The zero-order chi connectivity index (χ0) is 13.8. The number of likely N-dealkylation sites (N-methyl/N-ethyl adjacent to an activating group) is 1. The molecule has 1 aliphatic rings. The zero-order valence-corrected chi connectivity index (χ0v) is 12.6. The van der Waals surface area contributed by atoms with Crippen LogP contribution in [0.1, 0.15) is 0 Å². The Morgan fingerprint density at radius 2 is 2.37 bits per heavy atom. The lowest BCUT2D eigenvalue weighted by Gasteiger charge is -2.27. The predicted octanol–water partition coefficient (Wildman–Crippen LogP) is 1.41. The summed E-state index contributed by atoms with van der Waals surface area (Å²) in [5, 5.41) is 3.15. The number of nitrogens with zero attached hydrogens (tertiary/aromatic N) is 1. The van der Waals surface area contributed by atoms with Crippen LogP contribution in [0, 0.1) is 0 Å². The molecule has 1 aromatic carbocycles. The van der Waals surface area contributed by atoms with E-state index in [0.717, 1.165) is 15.9 Å². The van der Waals surface area contributed by atoms with E-state index in [1.54, 1.807) is 19.1 Å². The molecular formula is C13H17BrN2O3. The fourth-order valence-electron chi connectivity index (χ4n) is 1.95. The summed E-state index contributed by atoms with van der Waals surface area (Å²) in [4.78, 5) is 13.9. The minimum Gasteiger partial charge on any atom is -0.496 e. The van der Waals surface area contributed by atoms with E-state index in [4.69, 9.17) is 9.47 Å². The van der Waals surface area contributed by atoms with Crippen LogP contribution in [0.3, 0.4) is 0 Å². The van der Waals surface area contributed by atoms with Gasteiger partial charge >= 0.3 is 0 Å². The SMILES string of the molecule is COc1ccc(N(C)C(=O)C2COCCN2)cc1Br. The van der Waals surface area contributed by atoms with E-state index in [2.05, 4.69) is 21.2 Å². The van der Waals surface area contributed by atoms with Gasteiger partial charge in [0.05, 0.1) is 24.8 Å². The molecule has 1 aromatic rings. The molecule has 1 aliphatic heterocycles. The fourth-order valence-corrected chi connectivity index (χ4v) is 2.48. The van der Waals surface area contributed by atoms with Crippen LogP contribution in [0.2, 0.25) is 0 Å². The number of hydrogen-bond acceptors (Lipinski definition) is 4. The number of carbonyl (C=O) groups excluding carboxylic acids is 1. The van der Waals surface area contributed by atoms with Gasteiger partial charge in [0.1, 0.15) is 11.8 Å². The van der Waals surface area contributed by atoms with Crippen molar-refractivity contribution in [1.82, 2.24) is 5.32 Å². The summed E-state index contributed by atoms with van der Waals surface area (Å²) < 4.78 is 11.3. The van der Waals surface area contributed by atoms with Crippen molar-refractivity contribution in [3.8, 4) is 5.75 Å². The van der Waals surface area contributed by atoms with Gasteiger partial charge in [0.2, 0.25) is 5.91 Å². The molecule has 1 unspecified atom stereocenters. The van der Waals surface area contributed by atoms with Crippen LogP contribution in [0.4, 0.5) is 5.69 Å². The average Bonchev–Trinajstić information content (AvgIpc) is 2.46. The van der Waals surface area contributed by atoms with Gasteiger partial charge < -0.3 is 19.7 Å². The first kappa shape index (κ1) is 14.3. The van der Waals surface area contributed by atoms with Crippen LogP contribution < -0.4 is 15.0 Å². The van der Waals surface area contributed by atoms with Crippen LogP contribution in [-0.4, -0.2) is 45.9 Å². The number of halogens is 1. The molecule has 1 fully saturated rings. The highest BCUT2D eigenvalue weighted by atomic mass is 79.9. The molecule has 1 heterocycles. The van der Waals surface area contributed by atoms with Crippen LogP contribution in [0.25, 0.3) is 0 Å². The third-order valence-electron chi connectivity index (χ3n) is 3.07. The predicted molar refractivity (Wildman–Crippen MR) is 76.7 cm³/mol. The average molecular weight is 329 g/mol. The van der Waals surface area contributed by atoms with Gasteiger partial charge in [-0.15, -0.1) is 0 Å². The van der Waals surface area contributed by atoms with Crippen molar-refractivity contribution in [3.63, 3.8) is 0 Å². The quantitative estimate of drug-likeness (QED) is 0.911.